The SMILES string of the molecule is CCCc1cc(N2CCNCC2)c2cc(C(F)(F)F)ccc2n1.Cl. The number of alkyl halides is 3. The van der Waals surface area contributed by atoms with Crippen molar-refractivity contribution in [3.63, 3.8) is 0 Å². The van der Waals surface area contributed by atoms with Crippen LogP contribution < -0.4 is 10.2 Å². The van der Waals surface area contributed by atoms with Crippen molar-refractivity contribution in [2.45, 2.75) is 25.9 Å². The second kappa shape index (κ2) is 7.57. The van der Waals surface area contributed by atoms with E-state index >= 15 is 0 Å². The van der Waals surface area contributed by atoms with E-state index in [2.05, 4.69) is 22.1 Å². The minimum atomic E-state index is -4.34. The van der Waals surface area contributed by atoms with Crippen molar-refractivity contribution >= 4 is 29.0 Å². The number of hydrogen-bond donors (Lipinski definition) is 1. The summed E-state index contributed by atoms with van der Waals surface area (Å²) in [7, 11) is 0. The predicted octanol–water partition coefficient (Wildman–Crippen LogP) is 4.04. The van der Waals surface area contributed by atoms with E-state index < -0.39 is 11.7 Å². The smallest absolute Gasteiger partial charge is 0.368 e. The largest absolute Gasteiger partial charge is 0.416 e. The molecular formula is C17H21ClF3N3. The van der Waals surface area contributed by atoms with Gasteiger partial charge in [0.25, 0.3) is 0 Å². The molecule has 3 nitrogen and oxygen atoms in total. The highest BCUT2D eigenvalue weighted by molar-refractivity contribution is 5.92. The summed E-state index contributed by atoms with van der Waals surface area (Å²) >= 11 is 0. The number of anilines is 1. The molecule has 0 atom stereocenters. The van der Waals surface area contributed by atoms with Gasteiger partial charge in [0.2, 0.25) is 0 Å². The molecule has 0 unspecified atom stereocenters. The maximum absolute atomic E-state index is 13.0. The zero-order valence-corrected chi connectivity index (χ0v) is 14.3. The Morgan fingerprint density at radius 3 is 2.50 bits per heavy atom. The number of benzene rings is 1. The van der Waals surface area contributed by atoms with Crippen LogP contribution in [0.15, 0.2) is 24.3 Å². The van der Waals surface area contributed by atoms with E-state index in [0.717, 1.165) is 56.5 Å². The number of piperazine rings is 1. The molecule has 7 heteroatoms. The maximum Gasteiger partial charge on any atom is 0.416 e. The predicted molar refractivity (Wildman–Crippen MR) is 93.1 cm³/mol. The second-order valence-electron chi connectivity index (χ2n) is 5.85. The van der Waals surface area contributed by atoms with Crippen LogP contribution in [0.2, 0.25) is 0 Å². The molecule has 0 aliphatic carbocycles. The lowest BCUT2D eigenvalue weighted by Gasteiger charge is -2.31. The fraction of sp³-hybridized carbons (Fsp3) is 0.471. The Labute approximate surface area is 145 Å². The lowest BCUT2D eigenvalue weighted by Crippen LogP contribution is -2.43. The van der Waals surface area contributed by atoms with Crippen molar-refractivity contribution < 1.29 is 13.2 Å². The van der Waals surface area contributed by atoms with E-state index in [-0.39, 0.29) is 12.4 Å². The van der Waals surface area contributed by atoms with Gasteiger partial charge in [-0.15, -0.1) is 12.4 Å². The van der Waals surface area contributed by atoms with Crippen LogP contribution in [0.5, 0.6) is 0 Å². The fourth-order valence-corrected chi connectivity index (χ4v) is 2.99. The standard InChI is InChI=1S/C17H20F3N3.ClH/c1-2-3-13-11-16(23-8-6-21-7-9-23)14-10-12(17(18,19)20)4-5-15(14)22-13;/h4-5,10-11,21H,2-3,6-9H2,1H3;1H. The van der Waals surface area contributed by atoms with E-state index in [9.17, 15) is 13.2 Å². The van der Waals surface area contributed by atoms with Gasteiger partial charge in [-0.25, -0.2) is 0 Å². The Morgan fingerprint density at radius 1 is 1.17 bits per heavy atom. The van der Waals surface area contributed by atoms with Gasteiger partial charge >= 0.3 is 6.18 Å². The third kappa shape index (κ3) is 3.92. The number of hydrogen-bond acceptors (Lipinski definition) is 3. The van der Waals surface area contributed by atoms with Gasteiger partial charge in [0.15, 0.2) is 0 Å². The highest BCUT2D eigenvalue weighted by Gasteiger charge is 2.31. The molecule has 0 radical (unpaired) electrons. The molecule has 0 spiro atoms. The Kier molecular flexibility index (Phi) is 5.93. The summed E-state index contributed by atoms with van der Waals surface area (Å²) in [5.41, 5.74) is 1.82. The van der Waals surface area contributed by atoms with Crippen LogP contribution >= 0.6 is 12.4 Å². The number of nitrogens with zero attached hydrogens (tertiary/aromatic N) is 2. The number of aromatic nitrogens is 1. The molecule has 0 bridgehead atoms. The molecule has 1 aliphatic rings. The van der Waals surface area contributed by atoms with Crippen LogP contribution in [0.1, 0.15) is 24.6 Å². The van der Waals surface area contributed by atoms with Crippen molar-refractivity contribution in [2.75, 3.05) is 31.1 Å². The second-order valence-corrected chi connectivity index (χ2v) is 5.85. The Balaban J connectivity index is 0.00000208. The van der Waals surface area contributed by atoms with Gasteiger partial charge in [-0.2, -0.15) is 13.2 Å². The number of rotatable bonds is 3. The minimum absolute atomic E-state index is 0. The van der Waals surface area contributed by atoms with Crippen LogP contribution in [0.25, 0.3) is 10.9 Å². The molecule has 0 saturated carbocycles. The third-order valence-corrected chi connectivity index (χ3v) is 4.13. The first-order valence-corrected chi connectivity index (χ1v) is 7.95. The van der Waals surface area contributed by atoms with E-state index in [4.69, 9.17) is 0 Å². The van der Waals surface area contributed by atoms with Crippen LogP contribution in [-0.2, 0) is 12.6 Å². The van der Waals surface area contributed by atoms with Crippen molar-refractivity contribution in [1.82, 2.24) is 10.3 Å². The number of aryl methyl sites for hydroxylation is 1. The summed E-state index contributed by atoms with van der Waals surface area (Å²) in [6.07, 6.45) is -2.55. The summed E-state index contributed by atoms with van der Waals surface area (Å²) in [5, 5.41) is 3.86. The first-order valence-electron chi connectivity index (χ1n) is 7.95. The van der Waals surface area contributed by atoms with Crippen molar-refractivity contribution in [3.05, 3.63) is 35.5 Å². The zero-order chi connectivity index (χ0) is 16.4. The molecule has 24 heavy (non-hydrogen) atoms. The number of pyridine rings is 1. The Bertz CT molecular complexity index is 697. The molecule has 2 aromatic rings. The monoisotopic (exact) mass is 359 g/mol. The quantitative estimate of drug-likeness (QED) is 0.896. The molecule has 132 valence electrons. The van der Waals surface area contributed by atoms with Crippen molar-refractivity contribution in [1.29, 1.82) is 0 Å². The summed E-state index contributed by atoms with van der Waals surface area (Å²) < 4.78 is 39.1. The van der Waals surface area contributed by atoms with E-state index in [1.165, 1.54) is 12.1 Å². The molecule has 1 aromatic carbocycles. The molecule has 3 rings (SSSR count). The normalized spacial score (nSPS) is 15.4. The van der Waals surface area contributed by atoms with Gasteiger partial charge in [0, 0.05) is 42.9 Å². The molecule has 2 heterocycles. The molecule has 1 N–H and O–H groups in total. The summed E-state index contributed by atoms with van der Waals surface area (Å²) in [6, 6.07) is 5.79. The number of nitrogens with one attached hydrogen (secondary N) is 1. The highest BCUT2D eigenvalue weighted by atomic mass is 35.5. The Hall–Kier alpha value is -1.53. The van der Waals surface area contributed by atoms with Gasteiger partial charge in [-0.05, 0) is 30.7 Å². The zero-order valence-electron chi connectivity index (χ0n) is 13.5. The third-order valence-electron chi connectivity index (χ3n) is 4.13. The first-order chi connectivity index (χ1) is 11.0. The fourth-order valence-electron chi connectivity index (χ4n) is 2.99. The highest BCUT2D eigenvalue weighted by Crippen LogP contribution is 2.35. The van der Waals surface area contributed by atoms with Crippen LogP contribution in [0.3, 0.4) is 0 Å². The average Bonchev–Trinajstić information content (AvgIpc) is 2.54. The summed E-state index contributed by atoms with van der Waals surface area (Å²) in [5.74, 6) is 0. The average molecular weight is 360 g/mol. The summed E-state index contributed by atoms with van der Waals surface area (Å²) in [6.45, 7) is 5.34. The van der Waals surface area contributed by atoms with Gasteiger partial charge in [0.1, 0.15) is 0 Å². The van der Waals surface area contributed by atoms with Crippen molar-refractivity contribution in [3.8, 4) is 0 Å². The van der Waals surface area contributed by atoms with Crippen LogP contribution in [0, 0.1) is 0 Å². The number of fused-ring (bicyclic) bond motifs is 1. The van der Waals surface area contributed by atoms with Gasteiger partial charge in [-0.1, -0.05) is 13.3 Å². The maximum atomic E-state index is 13.0. The first kappa shape index (κ1) is 18.8. The van der Waals surface area contributed by atoms with Crippen molar-refractivity contribution in [2.24, 2.45) is 0 Å². The topological polar surface area (TPSA) is 28.2 Å². The summed E-state index contributed by atoms with van der Waals surface area (Å²) in [4.78, 5) is 6.69. The minimum Gasteiger partial charge on any atom is -0.368 e. The lowest BCUT2D eigenvalue weighted by atomic mass is 10.1. The molecule has 0 amide bonds. The molecule has 1 aromatic heterocycles. The van der Waals surface area contributed by atoms with E-state index in [0.29, 0.717) is 10.9 Å². The van der Waals surface area contributed by atoms with E-state index in [1.807, 2.05) is 6.07 Å². The molecular weight excluding hydrogens is 339 g/mol. The molecule has 1 saturated heterocycles. The van der Waals surface area contributed by atoms with Crippen LogP contribution in [-0.4, -0.2) is 31.2 Å². The van der Waals surface area contributed by atoms with Crippen LogP contribution in [0.4, 0.5) is 18.9 Å². The number of halogens is 4. The van der Waals surface area contributed by atoms with E-state index in [1.54, 1.807) is 0 Å². The Morgan fingerprint density at radius 2 is 1.88 bits per heavy atom. The lowest BCUT2D eigenvalue weighted by molar-refractivity contribution is -0.137. The molecule has 1 fully saturated rings. The van der Waals surface area contributed by atoms with Gasteiger partial charge in [-0.3, -0.25) is 4.98 Å². The van der Waals surface area contributed by atoms with Gasteiger partial charge in [0.05, 0.1) is 11.1 Å². The van der Waals surface area contributed by atoms with Gasteiger partial charge < -0.3 is 10.2 Å². The molecule has 1 aliphatic heterocycles.